The monoisotopic (exact) mass is 550 g/mol. The Bertz CT molecular complexity index is 1430. The molecule has 0 fully saturated rings. The molecule has 1 aromatic carbocycles. The molecule has 1 atom stereocenters. The quantitative estimate of drug-likeness (QED) is 0.331. The predicted molar refractivity (Wildman–Crippen MR) is 138 cm³/mol. The fourth-order valence-electron chi connectivity index (χ4n) is 4.61. The van der Waals surface area contributed by atoms with Gasteiger partial charge in [-0.25, -0.2) is 15.0 Å². The van der Waals surface area contributed by atoms with Gasteiger partial charge in [0.1, 0.15) is 17.7 Å². The van der Waals surface area contributed by atoms with E-state index in [1.165, 1.54) is 14.0 Å². The van der Waals surface area contributed by atoms with E-state index in [1.807, 2.05) is 13.8 Å². The molecule has 0 aliphatic heterocycles. The number of aliphatic hydroxyl groups is 1. The third kappa shape index (κ3) is 4.63. The minimum Gasteiger partial charge on any atom is -0.481 e. The van der Waals surface area contributed by atoms with Crippen molar-refractivity contribution >= 4 is 22.5 Å². The van der Waals surface area contributed by atoms with Crippen LogP contribution in [0.2, 0.25) is 5.02 Å². The summed E-state index contributed by atoms with van der Waals surface area (Å²) >= 11 is 6.79. The van der Waals surface area contributed by atoms with Gasteiger partial charge < -0.3 is 24.3 Å². The number of nitrogens with zero attached hydrogens (tertiary/aromatic N) is 5. The Hall–Kier alpha value is -3.15. The van der Waals surface area contributed by atoms with Gasteiger partial charge in [0, 0.05) is 31.6 Å². The molecule has 12 heteroatoms. The minimum atomic E-state index is -4.41. The van der Waals surface area contributed by atoms with Crippen LogP contribution >= 0.6 is 11.6 Å². The number of nitrogens with one attached hydrogen (secondary N) is 1. The maximum atomic E-state index is 13.3. The molecule has 4 rings (SSSR count). The zero-order valence-electron chi connectivity index (χ0n) is 22.0. The summed E-state index contributed by atoms with van der Waals surface area (Å²) in [6.07, 6.45) is -1.35. The molecule has 0 amide bonds. The number of halogens is 4. The second-order valence-corrected chi connectivity index (χ2v) is 9.62. The maximum absolute atomic E-state index is 13.3. The molecule has 3 aromatic heterocycles. The van der Waals surface area contributed by atoms with Crippen LogP contribution in [0.25, 0.3) is 10.9 Å². The zero-order chi connectivity index (χ0) is 28.0. The van der Waals surface area contributed by atoms with Crippen LogP contribution in [0.3, 0.4) is 0 Å². The van der Waals surface area contributed by atoms with E-state index < -0.39 is 17.8 Å². The number of imidazole rings is 2. The summed E-state index contributed by atoms with van der Waals surface area (Å²) in [4.78, 5) is 13.2. The number of fused-ring (bicyclic) bond motifs is 1. The van der Waals surface area contributed by atoms with Crippen LogP contribution in [-0.4, -0.2) is 48.5 Å². The van der Waals surface area contributed by atoms with E-state index in [9.17, 15) is 18.3 Å². The number of hydrogen-bond acceptors (Lipinski definition) is 6. The van der Waals surface area contributed by atoms with Gasteiger partial charge in [-0.15, -0.1) is 0 Å². The summed E-state index contributed by atoms with van der Waals surface area (Å²) in [5.74, 6) is 1.52. The van der Waals surface area contributed by atoms with Crippen molar-refractivity contribution in [3.8, 4) is 5.88 Å². The SMILES string of the molecule is CC[C@@H](NCc1c(OC)nc2ccc(C(O)(c3cnc(C)n3C)c3cnc(C)n3C)cc2c1Cl)C(F)(F)F. The maximum Gasteiger partial charge on any atom is 0.403 e. The molecule has 4 aromatic rings. The second-order valence-electron chi connectivity index (χ2n) is 9.24. The standard InChI is InChI=1S/C26H30ClF3N6O2/c1-7-20(26(28,29)30)33-11-18-23(27)17-10-16(8-9-19(17)34-24(18)38-6)25(37,21-12-31-14(2)35(21)4)22-13-32-15(3)36(22)5/h8-10,12-13,20,33,37H,7,11H2,1-6H3/t20-/m1/s1. The van der Waals surface area contributed by atoms with Crippen molar-refractivity contribution in [3.05, 3.63) is 69.8 Å². The number of benzene rings is 1. The highest BCUT2D eigenvalue weighted by atomic mass is 35.5. The number of ether oxygens (including phenoxy) is 1. The number of aromatic nitrogens is 5. The Balaban J connectivity index is 1.91. The third-order valence-corrected chi connectivity index (χ3v) is 7.53. The molecule has 0 radical (unpaired) electrons. The highest BCUT2D eigenvalue weighted by Crippen LogP contribution is 2.40. The van der Waals surface area contributed by atoms with Crippen LogP contribution < -0.4 is 10.1 Å². The van der Waals surface area contributed by atoms with E-state index in [1.54, 1.807) is 53.8 Å². The number of methoxy groups -OCH3 is 1. The Kier molecular flexibility index (Phi) is 7.48. The van der Waals surface area contributed by atoms with Crippen molar-refractivity contribution in [3.63, 3.8) is 0 Å². The largest absolute Gasteiger partial charge is 0.481 e. The van der Waals surface area contributed by atoms with Crippen molar-refractivity contribution in [2.45, 2.75) is 51.6 Å². The van der Waals surface area contributed by atoms with Gasteiger partial charge in [-0.3, -0.25) is 0 Å². The van der Waals surface area contributed by atoms with Crippen molar-refractivity contribution in [2.24, 2.45) is 14.1 Å². The molecule has 0 aliphatic carbocycles. The normalized spacial score (nSPS) is 13.3. The first-order valence-corrected chi connectivity index (χ1v) is 12.4. The van der Waals surface area contributed by atoms with Crippen molar-refractivity contribution < 1.29 is 23.0 Å². The molecule has 0 aliphatic rings. The van der Waals surface area contributed by atoms with E-state index in [0.29, 0.717) is 39.5 Å². The minimum absolute atomic E-state index is 0.125. The molecule has 2 N–H and O–H groups in total. The van der Waals surface area contributed by atoms with E-state index in [-0.39, 0.29) is 29.4 Å². The van der Waals surface area contributed by atoms with E-state index in [2.05, 4.69) is 20.3 Å². The number of rotatable bonds is 8. The summed E-state index contributed by atoms with van der Waals surface area (Å²) in [5.41, 5.74) is 0.557. The van der Waals surface area contributed by atoms with Gasteiger partial charge in [0.2, 0.25) is 5.88 Å². The molecule has 0 saturated heterocycles. The van der Waals surface area contributed by atoms with Crippen LogP contribution in [0, 0.1) is 13.8 Å². The Morgan fingerprint density at radius 3 is 2.11 bits per heavy atom. The number of aryl methyl sites for hydroxylation is 2. The topological polar surface area (TPSA) is 90.0 Å². The third-order valence-electron chi connectivity index (χ3n) is 7.10. The van der Waals surface area contributed by atoms with Crippen LogP contribution in [0.15, 0.2) is 30.6 Å². The predicted octanol–water partition coefficient (Wildman–Crippen LogP) is 4.70. The average molecular weight is 551 g/mol. The van der Waals surface area contributed by atoms with Gasteiger partial charge in [0.15, 0.2) is 5.60 Å². The van der Waals surface area contributed by atoms with Crippen molar-refractivity contribution in [2.75, 3.05) is 7.11 Å². The highest BCUT2D eigenvalue weighted by Gasteiger charge is 2.41. The van der Waals surface area contributed by atoms with Gasteiger partial charge in [-0.2, -0.15) is 13.2 Å². The smallest absolute Gasteiger partial charge is 0.403 e. The van der Waals surface area contributed by atoms with Gasteiger partial charge >= 0.3 is 6.18 Å². The lowest BCUT2D eigenvalue weighted by atomic mass is 9.86. The van der Waals surface area contributed by atoms with Gasteiger partial charge in [0.05, 0.1) is 41.4 Å². The van der Waals surface area contributed by atoms with E-state index in [4.69, 9.17) is 16.3 Å². The van der Waals surface area contributed by atoms with Gasteiger partial charge in [0.25, 0.3) is 0 Å². The van der Waals surface area contributed by atoms with Crippen LogP contribution in [-0.2, 0) is 26.2 Å². The summed E-state index contributed by atoms with van der Waals surface area (Å²) in [6.45, 7) is 4.90. The van der Waals surface area contributed by atoms with Gasteiger partial charge in [-0.05, 0) is 38.0 Å². The van der Waals surface area contributed by atoms with Crippen molar-refractivity contribution in [1.82, 2.24) is 29.4 Å². The molecule has 0 saturated carbocycles. The van der Waals surface area contributed by atoms with E-state index >= 15 is 0 Å². The molecular weight excluding hydrogens is 521 g/mol. The van der Waals surface area contributed by atoms with E-state index in [0.717, 1.165) is 0 Å². The molecule has 0 unspecified atom stereocenters. The molecule has 3 heterocycles. The average Bonchev–Trinajstić information content (AvgIpc) is 3.39. The summed E-state index contributed by atoms with van der Waals surface area (Å²) in [6, 6.07) is 3.40. The number of hydrogen-bond donors (Lipinski definition) is 2. The lowest BCUT2D eigenvalue weighted by Crippen LogP contribution is -2.41. The highest BCUT2D eigenvalue weighted by molar-refractivity contribution is 6.36. The summed E-state index contributed by atoms with van der Waals surface area (Å²) in [5, 5.41) is 15.5. The summed E-state index contributed by atoms with van der Waals surface area (Å²) < 4.78 is 49.0. The van der Waals surface area contributed by atoms with Crippen LogP contribution in [0.5, 0.6) is 5.88 Å². The van der Waals surface area contributed by atoms with Crippen LogP contribution in [0.1, 0.15) is 47.5 Å². The van der Waals surface area contributed by atoms with Crippen LogP contribution in [0.4, 0.5) is 13.2 Å². The Morgan fingerprint density at radius 2 is 1.66 bits per heavy atom. The van der Waals surface area contributed by atoms with Gasteiger partial charge in [-0.1, -0.05) is 24.6 Å². The first kappa shape index (κ1) is 27.9. The first-order chi connectivity index (χ1) is 17.8. The zero-order valence-corrected chi connectivity index (χ0v) is 22.7. The van der Waals surface area contributed by atoms with Crippen molar-refractivity contribution in [1.29, 1.82) is 0 Å². The molecular formula is C26H30ClF3N6O2. The second kappa shape index (κ2) is 10.2. The molecule has 0 spiro atoms. The lowest BCUT2D eigenvalue weighted by molar-refractivity contribution is -0.156. The molecule has 8 nitrogen and oxygen atoms in total. The molecule has 204 valence electrons. The summed E-state index contributed by atoms with van der Waals surface area (Å²) in [7, 11) is 5.00. The Labute approximate surface area is 223 Å². The molecule has 0 bridgehead atoms. The number of pyridine rings is 1. The Morgan fingerprint density at radius 1 is 1.08 bits per heavy atom. The fourth-order valence-corrected chi connectivity index (χ4v) is 4.91. The first-order valence-electron chi connectivity index (χ1n) is 12.0. The number of alkyl halides is 3. The fraction of sp³-hybridized carbons (Fsp3) is 0.423. The molecule has 38 heavy (non-hydrogen) atoms. The lowest BCUT2D eigenvalue weighted by Gasteiger charge is -2.30.